The van der Waals surface area contributed by atoms with Crippen molar-refractivity contribution in [3.63, 3.8) is 0 Å². The second-order valence-electron chi connectivity index (χ2n) is 3.97. The lowest BCUT2D eigenvalue weighted by atomic mass is 10.2. The van der Waals surface area contributed by atoms with Crippen molar-refractivity contribution in [3.05, 3.63) is 52.8 Å². The lowest BCUT2D eigenvalue weighted by Gasteiger charge is -2.07. The van der Waals surface area contributed by atoms with Crippen molar-refractivity contribution in [3.8, 4) is 0 Å². The number of halogens is 1. The maximum Gasteiger partial charge on any atom is 0.356 e. The molecule has 1 aromatic carbocycles. The first kappa shape index (κ1) is 13.5. The third kappa shape index (κ3) is 3.51. The van der Waals surface area contributed by atoms with E-state index >= 15 is 0 Å². The smallest absolute Gasteiger partial charge is 0.356 e. The number of carbonyl (C=O) groups is 1. The number of aromatic amines is 1. The minimum atomic E-state index is -0.355. The van der Waals surface area contributed by atoms with Gasteiger partial charge in [0.2, 0.25) is 0 Å². The highest BCUT2D eigenvalue weighted by Crippen LogP contribution is 2.17. The molecule has 0 saturated heterocycles. The van der Waals surface area contributed by atoms with Crippen molar-refractivity contribution in [2.75, 3.05) is 11.9 Å². The van der Waals surface area contributed by atoms with Crippen molar-refractivity contribution in [1.29, 1.82) is 0 Å². The number of aromatic nitrogens is 1. The van der Waals surface area contributed by atoms with Gasteiger partial charge in [-0.3, -0.25) is 0 Å². The third-order valence-electron chi connectivity index (χ3n) is 2.62. The predicted octanol–water partition coefficient (Wildman–Crippen LogP) is 3.46. The number of rotatable bonds is 5. The highest BCUT2D eigenvalue weighted by molar-refractivity contribution is 6.30. The molecule has 2 aromatic rings. The first-order chi connectivity index (χ1) is 9.20. The molecule has 0 fully saturated rings. The molecule has 0 saturated carbocycles. The molecule has 4 nitrogen and oxygen atoms in total. The van der Waals surface area contributed by atoms with E-state index in [0.717, 1.165) is 11.3 Å². The number of H-pyrrole nitrogens is 1. The fraction of sp³-hybridized carbons (Fsp3) is 0.214. The standard InChI is InChI=1S/C14H15ClN2O2/c1-2-19-14(18)13-12(7-8-16-13)17-9-10-3-5-11(15)6-4-10/h3-8,16-17H,2,9H2,1H3. The minimum absolute atomic E-state index is 0.355. The van der Waals surface area contributed by atoms with E-state index < -0.39 is 0 Å². The van der Waals surface area contributed by atoms with Gasteiger partial charge < -0.3 is 15.0 Å². The number of carbonyl (C=O) groups excluding carboxylic acids is 1. The lowest BCUT2D eigenvalue weighted by molar-refractivity contribution is 0.0521. The number of hydrogen-bond acceptors (Lipinski definition) is 3. The normalized spacial score (nSPS) is 10.2. The molecule has 2 N–H and O–H groups in total. The van der Waals surface area contributed by atoms with Gasteiger partial charge in [-0.05, 0) is 30.7 Å². The van der Waals surface area contributed by atoms with Crippen molar-refractivity contribution in [2.45, 2.75) is 13.5 Å². The molecule has 0 aliphatic heterocycles. The topological polar surface area (TPSA) is 54.1 Å². The molecule has 0 unspecified atom stereocenters. The van der Waals surface area contributed by atoms with Gasteiger partial charge >= 0.3 is 5.97 Å². The molecular weight excluding hydrogens is 264 g/mol. The van der Waals surface area contributed by atoms with Crippen LogP contribution in [0.1, 0.15) is 23.0 Å². The SMILES string of the molecule is CCOC(=O)c1[nH]ccc1NCc1ccc(Cl)cc1. The summed E-state index contributed by atoms with van der Waals surface area (Å²) in [5.41, 5.74) is 2.25. The molecule has 1 heterocycles. The predicted molar refractivity (Wildman–Crippen MR) is 75.5 cm³/mol. The van der Waals surface area contributed by atoms with E-state index in [1.54, 1.807) is 13.1 Å². The van der Waals surface area contributed by atoms with Gasteiger partial charge in [-0.15, -0.1) is 0 Å². The molecule has 0 aliphatic carbocycles. The Balaban J connectivity index is 2.02. The van der Waals surface area contributed by atoms with Gasteiger partial charge in [0.15, 0.2) is 0 Å². The van der Waals surface area contributed by atoms with E-state index in [2.05, 4.69) is 10.3 Å². The van der Waals surface area contributed by atoms with Crippen molar-refractivity contribution in [2.24, 2.45) is 0 Å². The zero-order valence-corrected chi connectivity index (χ0v) is 11.3. The molecule has 0 radical (unpaired) electrons. The second-order valence-corrected chi connectivity index (χ2v) is 4.40. The number of anilines is 1. The highest BCUT2D eigenvalue weighted by atomic mass is 35.5. The Morgan fingerprint density at radius 2 is 2.05 bits per heavy atom. The zero-order valence-electron chi connectivity index (χ0n) is 10.6. The quantitative estimate of drug-likeness (QED) is 0.824. The first-order valence-corrected chi connectivity index (χ1v) is 6.41. The fourth-order valence-corrected chi connectivity index (χ4v) is 1.81. The molecule has 2 rings (SSSR count). The number of nitrogens with one attached hydrogen (secondary N) is 2. The van der Waals surface area contributed by atoms with Crippen LogP contribution in [0.2, 0.25) is 5.02 Å². The summed E-state index contributed by atoms with van der Waals surface area (Å²) in [7, 11) is 0. The summed E-state index contributed by atoms with van der Waals surface area (Å²) in [6.45, 7) is 2.75. The number of esters is 1. The summed E-state index contributed by atoms with van der Waals surface area (Å²) < 4.78 is 4.97. The van der Waals surface area contributed by atoms with Crippen LogP contribution in [0.3, 0.4) is 0 Å². The summed E-state index contributed by atoms with van der Waals surface area (Å²) in [6, 6.07) is 9.35. The Bertz CT molecular complexity index is 549. The van der Waals surface area contributed by atoms with Crippen molar-refractivity contribution < 1.29 is 9.53 Å². The Morgan fingerprint density at radius 1 is 1.32 bits per heavy atom. The molecule has 1 aromatic heterocycles. The minimum Gasteiger partial charge on any atom is -0.461 e. The van der Waals surface area contributed by atoms with Gasteiger partial charge in [0.25, 0.3) is 0 Å². The van der Waals surface area contributed by atoms with Crippen molar-refractivity contribution >= 4 is 23.3 Å². The molecule has 0 amide bonds. The molecule has 0 spiro atoms. The largest absolute Gasteiger partial charge is 0.461 e. The van der Waals surface area contributed by atoms with Crippen LogP contribution in [-0.2, 0) is 11.3 Å². The van der Waals surface area contributed by atoms with E-state index in [1.807, 2.05) is 30.3 Å². The van der Waals surface area contributed by atoms with E-state index in [-0.39, 0.29) is 5.97 Å². The third-order valence-corrected chi connectivity index (χ3v) is 2.87. The van der Waals surface area contributed by atoms with Crippen LogP contribution in [0.25, 0.3) is 0 Å². The number of benzene rings is 1. The Morgan fingerprint density at radius 3 is 2.74 bits per heavy atom. The highest BCUT2D eigenvalue weighted by Gasteiger charge is 2.13. The first-order valence-electron chi connectivity index (χ1n) is 6.03. The summed E-state index contributed by atoms with van der Waals surface area (Å²) >= 11 is 5.83. The number of ether oxygens (including phenoxy) is 1. The van der Waals surface area contributed by atoms with Crippen LogP contribution < -0.4 is 5.32 Å². The maximum absolute atomic E-state index is 11.7. The van der Waals surface area contributed by atoms with Gasteiger partial charge in [0.05, 0.1) is 12.3 Å². The Labute approximate surface area is 116 Å². The van der Waals surface area contributed by atoms with Crippen LogP contribution >= 0.6 is 11.6 Å². The summed E-state index contributed by atoms with van der Waals surface area (Å²) in [5, 5.41) is 3.90. The van der Waals surface area contributed by atoms with Gasteiger partial charge in [0.1, 0.15) is 5.69 Å². The average Bonchev–Trinajstić information content (AvgIpc) is 2.87. The van der Waals surface area contributed by atoms with E-state index in [9.17, 15) is 4.79 Å². The van der Waals surface area contributed by atoms with E-state index in [4.69, 9.17) is 16.3 Å². The van der Waals surface area contributed by atoms with E-state index in [0.29, 0.717) is 23.9 Å². The molecule has 0 aliphatic rings. The molecule has 0 atom stereocenters. The van der Waals surface area contributed by atoms with Crippen LogP contribution in [0.4, 0.5) is 5.69 Å². The van der Waals surface area contributed by atoms with Gasteiger partial charge in [0, 0.05) is 17.8 Å². The van der Waals surface area contributed by atoms with Crippen LogP contribution in [0, 0.1) is 0 Å². The van der Waals surface area contributed by atoms with Gasteiger partial charge in [-0.1, -0.05) is 23.7 Å². The van der Waals surface area contributed by atoms with Crippen LogP contribution in [0.15, 0.2) is 36.5 Å². The maximum atomic E-state index is 11.7. The van der Waals surface area contributed by atoms with Gasteiger partial charge in [-0.2, -0.15) is 0 Å². The fourth-order valence-electron chi connectivity index (χ4n) is 1.69. The average molecular weight is 279 g/mol. The van der Waals surface area contributed by atoms with Crippen molar-refractivity contribution in [1.82, 2.24) is 4.98 Å². The van der Waals surface area contributed by atoms with Gasteiger partial charge in [-0.25, -0.2) is 4.79 Å². The summed E-state index contributed by atoms with van der Waals surface area (Å²) in [6.07, 6.45) is 1.70. The second kappa shape index (κ2) is 6.29. The van der Waals surface area contributed by atoms with E-state index in [1.165, 1.54) is 0 Å². The molecule has 5 heteroatoms. The number of hydrogen-bond donors (Lipinski definition) is 2. The Kier molecular flexibility index (Phi) is 4.47. The molecular formula is C14H15ClN2O2. The zero-order chi connectivity index (χ0) is 13.7. The monoisotopic (exact) mass is 278 g/mol. The molecule has 19 heavy (non-hydrogen) atoms. The van der Waals surface area contributed by atoms with Crippen LogP contribution in [-0.4, -0.2) is 17.6 Å². The summed E-state index contributed by atoms with van der Waals surface area (Å²) in [4.78, 5) is 14.5. The van der Waals surface area contributed by atoms with Crippen LogP contribution in [0.5, 0.6) is 0 Å². The molecule has 0 bridgehead atoms. The lowest BCUT2D eigenvalue weighted by Crippen LogP contribution is -2.09. The Hall–Kier alpha value is -1.94. The molecule has 100 valence electrons. The summed E-state index contributed by atoms with van der Waals surface area (Å²) in [5.74, 6) is -0.355.